The number of benzene rings is 2. The molecule has 0 spiro atoms. The van der Waals surface area contributed by atoms with E-state index in [0.717, 1.165) is 22.3 Å². The van der Waals surface area contributed by atoms with E-state index >= 15 is 0 Å². The molecular weight excluding hydrogens is 304 g/mol. The molecule has 2 aliphatic rings. The van der Waals surface area contributed by atoms with Gasteiger partial charge in [0.05, 0.1) is 11.0 Å². The van der Waals surface area contributed by atoms with Crippen molar-refractivity contribution in [2.24, 2.45) is 0 Å². The average Bonchev–Trinajstić information content (AvgIpc) is 2.55. The third kappa shape index (κ3) is 2.11. The fourth-order valence-corrected chi connectivity index (χ4v) is 2.82. The standard InChI is InChI=1S/C18H14N4O2/c1-10-8-13-14(9-11(10)2)22(12-6-4-3-5-7-12)16-15(19-13)17(23)21-18(24)20-16/h3-9H,1-2H3,(H,21,23,24). The van der Waals surface area contributed by atoms with Gasteiger partial charge in [0, 0.05) is 5.69 Å². The van der Waals surface area contributed by atoms with Gasteiger partial charge in [-0.1, -0.05) is 18.2 Å². The van der Waals surface area contributed by atoms with Crippen molar-refractivity contribution in [3.8, 4) is 17.2 Å². The third-order valence-corrected chi connectivity index (χ3v) is 4.15. The van der Waals surface area contributed by atoms with Gasteiger partial charge in [0.2, 0.25) is 0 Å². The van der Waals surface area contributed by atoms with Gasteiger partial charge in [-0.25, -0.2) is 9.78 Å². The molecule has 0 atom stereocenters. The van der Waals surface area contributed by atoms with E-state index in [2.05, 4.69) is 15.0 Å². The van der Waals surface area contributed by atoms with Gasteiger partial charge >= 0.3 is 5.69 Å². The Balaban J connectivity index is 2.29. The zero-order valence-corrected chi connectivity index (χ0v) is 13.2. The van der Waals surface area contributed by atoms with E-state index < -0.39 is 11.2 Å². The number of rotatable bonds is 1. The molecular formula is C18H14N4O2. The minimum Gasteiger partial charge on any atom is -0.291 e. The lowest BCUT2D eigenvalue weighted by molar-refractivity contribution is 0.936. The van der Waals surface area contributed by atoms with Gasteiger partial charge in [-0.3, -0.25) is 14.3 Å². The Kier molecular flexibility index (Phi) is 3.06. The van der Waals surface area contributed by atoms with Crippen molar-refractivity contribution in [3.05, 3.63) is 74.4 Å². The minimum absolute atomic E-state index is 0.147. The summed E-state index contributed by atoms with van der Waals surface area (Å²) in [6.07, 6.45) is 0. The lowest BCUT2D eigenvalue weighted by Gasteiger charge is -2.17. The first-order valence-corrected chi connectivity index (χ1v) is 7.54. The molecule has 2 aromatic carbocycles. The van der Waals surface area contributed by atoms with Crippen molar-refractivity contribution < 1.29 is 0 Å². The van der Waals surface area contributed by atoms with E-state index in [9.17, 15) is 9.59 Å². The SMILES string of the molecule is Cc1cc2nc3c(=O)[nH]c(=O)nc-3n(-c3ccccc3)c2cc1C. The van der Waals surface area contributed by atoms with Crippen LogP contribution in [0, 0.1) is 13.8 Å². The molecule has 1 N–H and O–H groups in total. The van der Waals surface area contributed by atoms with E-state index in [1.165, 1.54) is 0 Å². The van der Waals surface area contributed by atoms with E-state index in [-0.39, 0.29) is 11.5 Å². The van der Waals surface area contributed by atoms with Crippen molar-refractivity contribution in [1.29, 1.82) is 0 Å². The van der Waals surface area contributed by atoms with Gasteiger partial charge in [0.15, 0.2) is 11.5 Å². The maximum absolute atomic E-state index is 12.2. The molecule has 4 rings (SSSR count). The van der Waals surface area contributed by atoms with Crippen molar-refractivity contribution >= 4 is 11.0 Å². The number of nitrogens with one attached hydrogen (secondary N) is 1. The van der Waals surface area contributed by atoms with Crippen LogP contribution in [0.25, 0.3) is 28.2 Å². The largest absolute Gasteiger partial charge is 0.349 e. The third-order valence-electron chi connectivity index (χ3n) is 4.15. The molecule has 2 heterocycles. The molecule has 0 fully saturated rings. The van der Waals surface area contributed by atoms with Crippen LogP contribution in [0.15, 0.2) is 52.1 Å². The number of hydrogen-bond donors (Lipinski definition) is 1. The molecule has 24 heavy (non-hydrogen) atoms. The number of nitrogens with zero attached hydrogens (tertiary/aromatic N) is 3. The van der Waals surface area contributed by atoms with Crippen molar-refractivity contribution in [2.75, 3.05) is 0 Å². The Morgan fingerprint density at radius 1 is 0.958 bits per heavy atom. The van der Waals surface area contributed by atoms with Crippen LogP contribution in [-0.4, -0.2) is 19.5 Å². The lowest BCUT2D eigenvalue weighted by Crippen LogP contribution is -2.28. The second-order valence-electron chi connectivity index (χ2n) is 5.75. The maximum Gasteiger partial charge on any atom is 0.349 e. The number of para-hydroxylation sites is 1. The zero-order valence-electron chi connectivity index (χ0n) is 13.2. The number of aromatic nitrogens is 4. The molecule has 0 saturated heterocycles. The Hall–Kier alpha value is -3.28. The van der Waals surface area contributed by atoms with Crippen LogP contribution >= 0.6 is 0 Å². The van der Waals surface area contributed by atoms with Crippen LogP contribution in [-0.2, 0) is 0 Å². The highest BCUT2D eigenvalue weighted by molar-refractivity contribution is 5.83. The van der Waals surface area contributed by atoms with Crippen molar-refractivity contribution in [2.45, 2.75) is 13.8 Å². The maximum atomic E-state index is 12.2. The summed E-state index contributed by atoms with van der Waals surface area (Å²) in [5.74, 6) is 0.255. The molecule has 0 bridgehead atoms. The highest BCUT2D eigenvalue weighted by atomic mass is 16.2. The molecule has 0 saturated carbocycles. The van der Waals surface area contributed by atoms with E-state index in [4.69, 9.17) is 0 Å². The monoisotopic (exact) mass is 318 g/mol. The van der Waals surface area contributed by atoms with Crippen LogP contribution in [0.5, 0.6) is 0 Å². The van der Waals surface area contributed by atoms with Crippen LogP contribution < -0.4 is 11.2 Å². The Bertz CT molecular complexity index is 1160. The summed E-state index contributed by atoms with van der Waals surface area (Å²) >= 11 is 0. The van der Waals surface area contributed by atoms with Gasteiger partial charge in [0.25, 0.3) is 5.56 Å². The Morgan fingerprint density at radius 2 is 1.67 bits per heavy atom. The lowest BCUT2D eigenvalue weighted by atomic mass is 10.1. The fraction of sp³-hybridized carbons (Fsp3) is 0.111. The van der Waals surface area contributed by atoms with Gasteiger partial charge in [-0.15, -0.1) is 0 Å². The molecule has 0 amide bonds. The quantitative estimate of drug-likeness (QED) is 0.546. The summed E-state index contributed by atoms with van der Waals surface area (Å²) in [4.78, 5) is 34.6. The second-order valence-corrected chi connectivity index (χ2v) is 5.75. The fourth-order valence-electron chi connectivity index (χ4n) is 2.82. The van der Waals surface area contributed by atoms with Crippen LogP contribution in [0.3, 0.4) is 0 Å². The second kappa shape index (κ2) is 5.13. The van der Waals surface area contributed by atoms with Crippen LogP contribution in [0.1, 0.15) is 11.1 Å². The normalized spacial score (nSPS) is 11.2. The number of aromatic amines is 1. The summed E-state index contributed by atoms with van der Waals surface area (Å²) in [6, 6.07) is 13.4. The van der Waals surface area contributed by atoms with Crippen molar-refractivity contribution in [3.63, 3.8) is 0 Å². The van der Waals surface area contributed by atoms with Crippen LogP contribution in [0.2, 0.25) is 0 Å². The number of hydrogen-bond acceptors (Lipinski definition) is 4. The zero-order chi connectivity index (χ0) is 16.8. The molecule has 0 radical (unpaired) electrons. The van der Waals surface area contributed by atoms with Gasteiger partial charge < -0.3 is 0 Å². The van der Waals surface area contributed by atoms with Gasteiger partial charge in [-0.2, -0.15) is 4.98 Å². The number of fused-ring (bicyclic) bond motifs is 2. The summed E-state index contributed by atoms with van der Waals surface area (Å²) in [5.41, 5.74) is 3.41. The molecule has 2 aromatic rings. The average molecular weight is 318 g/mol. The summed E-state index contributed by atoms with van der Waals surface area (Å²) in [7, 11) is 0. The highest BCUT2D eigenvalue weighted by Crippen LogP contribution is 2.26. The number of H-pyrrole nitrogens is 1. The topological polar surface area (TPSA) is 80.6 Å². The smallest absolute Gasteiger partial charge is 0.291 e. The minimum atomic E-state index is -0.679. The Labute approximate surface area is 136 Å². The first-order valence-electron chi connectivity index (χ1n) is 7.54. The van der Waals surface area contributed by atoms with Crippen LogP contribution in [0.4, 0.5) is 0 Å². The summed E-state index contributed by atoms with van der Waals surface area (Å²) in [5, 5.41) is 0. The highest BCUT2D eigenvalue weighted by Gasteiger charge is 2.20. The summed E-state index contributed by atoms with van der Waals surface area (Å²) in [6.45, 7) is 4.01. The molecule has 2 aliphatic heterocycles. The first kappa shape index (κ1) is 14.3. The van der Waals surface area contributed by atoms with Gasteiger partial charge in [0.1, 0.15) is 0 Å². The predicted octanol–water partition coefficient (Wildman–Crippen LogP) is 2.19. The molecule has 0 aliphatic carbocycles. The molecule has 0 unspecified atom stereocenters. The van der Waals surface area contributed by atoms with E-state index in [0.29, 0.717) is 5.52 Å². The van der Waals surface area contributed by atoms with E-state index in [1.54, 1.807) is 4.57 Å². The molecule has 118 valence electrons. The molecule has 6 nitrogen and oxygen atoms in total. The van der Waals surface area contributed by atoms with E-state index in [1.807, 2.05) is 56.3 Å². The first-order chi connectivity index (χ1) is 11.5. The summed E-state index contributed by atoms with van der Waals surface area (Å²) < 4.78 is 1.81. The molecule has 0 aromatic heterocycles. The van der Waals surface area contributed by atoms with Gasteiger partial charge in [-0.05, 0) is 49.2 Å². The predicted molar refractivity (Wildman–Crippen MR) is 91.9 cm³/mol. The number of aryl methyl sites for hydroxylation is 2. The molecule has 6 heteroatoms. The van der Waals surface area contributed by atoms with Crippen molar-refractivity contribution in [1.82, 2.24) is 19.5 Å². The Morgan fingerprint density at radius 3 is 2.42 bits per heavy atom.